The van der Waals surface area contributed by atoms with Crippen LogP contribution in [-0.4, -0.2) is 41.6 Å². The van der Waals surface area contributed by atoms with Gasteiger partial charge in [0.25, 0.3) is 5.91 Å². The number of hydrogen-bond acceptors (Lipinski definition) is 7. The molecule has 0 radical (unpaired) electrons. The normalized spacial score (nSPS) is 23.5. The van der Waals surface area contributed by atoms with E-state index < -0.39 is 0 Å². The Hall–Kier alpha value is -3.16. The topological polar surface area (TPSA) is 108 Å². The van der Waals surface area contributed by atoms with E-state index in [-0.39, 0.29) is 35.2 Å². The third kappa shape index (κ3) is 4.33. The Morgan fingerprint density at radius 2 is 1.90 bits per heavy atom. The fourth-order valence-corrected chi connectivity index (χ4v) is 4.59. The van der Waals surface area contributed by atoms with Gasteiger partial charge in [0.05, 0.1) is 13.2 Å². The summed E-state index contributed by atoms with van der Waals surface area (Å²) in [6.45, 7) is 2.26. The Labute approximate surface area is 181 Å². The molecular weight excluding hydrogens is 396 g/mol. The van der Waals surface area contributed by atoms with Crippen LogP contribution in [0, 0.1) is 5.92 Å². The number of nitrogens with zero attached hydrogens (tertiary/aromatic N) is 3. The highest BCUT2D eigenvalue weighted by atomic mass is 16.5. The van der Waals surface area contributed by atoms with Crippen LogP contribution in [0.1, 0.15) is 60.9 Å². The minimum Gasteiger partial charge on any atom is -0.475 e. The number of aromatic nitrogens is 2. The van der Waals surface area contributed by atoms with Crippen molar-refractivity contribution in [2.45, 2.75) is 51.0 Å². The van der Waals surface area contributed by atoms with E-state index in [0.717, 1.165) is 31.4 Å². The molecule has 0 spiro atoms. The van der Waals surface area contributed by atoms with Gasteiger partial charge < -0.3 is 20.1 Å². The Morgan fingerprint density at radius 3 is 2.58 bits per heavy atom. The lowest BCUT2D eigenvalue weighted by Crippen LogP contribution is -2.40. The molecule has 1 aromatic heterocycles. The molecule has 1 amide bonds. The molecule has 1 atom stereocenters. The molecule has 164 valence electrons. The van der Waals surface area contributed by atoms with Crippen LogP contribution in [0.25, 0.3) is 0 Å². The molecule has 2 aliphatic rings. The summed E-state index contributed by atoms with van der Waals surface area (Å²) in [6, 6.07) is 7.97. The highest BCUT2D eigenvalue weighted by Gasteiger charge is 2.33. The zero-order chi connectivity index (χ0) is 22.0. The first-order chi connectivity index (χ1) is 15.0. The Kier molecular flexibility index (Phi) is 6.06. The number of anilines is 2. The van der Waals surface area contributed by atoms with Crippen LogP contribution >= 0.6 is 0 Å². The number of fused-ring (bicyclic) bond motifs is 1. The predicted octanol–water partition coefficient (Wildman–Crippen LogP) is 3.32. The van der Waals surface area contributed by atoms with Crippen LogP contribution in [0.5, 0.6) is 5.88 Å². The van der Waals surface area contributed by atoms with E-state index in [9.17, 15) is 9.59 Å². The number of rotatable bonds is 4. The molecule has 1 fully saturated rings. The van der Waals surface area contributed by atoms with Gasteiger partial charge in [0.1, 0.15) is 24.3 Å². The molecular formula is C23H28N4O4. The highest BCUT2D eigenvalue weighted by molar-refractivity contribution is 6.11. The van der Waals surface area contributed by atoms with Crippen LogP contribution < -0.4 is 15.4 Å². The number of nitrogens with two attached hydrogens (primary N) is 1. The third-order valence-corrected chi connectivity index (χ3v) is 6.35. The number of benzene rings is 1. The fourth-order valence-electron chi connectivity index (χ4n) is 4.59. The van der Waals surface area contributed by atoms with Crippen LogP contribution in [-0.2, 0) is 9.53 Å². The van der Waals surface area contributed by atoms with Crippen molar-refractivity contribution in [2.75, 3.05) is 24.4 Å². The van der Waals surface area contributed by atoms with Crippen LogP contribution in [0.2, 0.25) is 0 Å². The summed E-state index contributed by atoms with van der Waals surface area (Å²) >= 11 is 0. The number of amides is 1. The van der Waals surface area contributed by atoms with Gasteiger partial charge in [0.2, 0.25) is 5.88 Å². The summed E-state index contributed by atoms with van der Waals surface area (Å²) in [5, 5.41) is 0. The predicted molar refractivity (Wildman–Crippen MR) is 116 cm³/mol. The largest absolute Gasteiger partial charge is 0.475 e. The van der Waals surface area contributed by atoms with Crippen molar-refractivity contribution in [1.82, 2.24) is 9.97 Å². The van der Waals surface area contributed by atoms with Gasteiger partial charge in [0, 0.05) is 12.1 Å². The molecule has 8 heteroatoms. The molecule has 1 aliphatic heterocycles. The molecule has 4 rings (SSSR count). The minimum atomic E-state index is -0.255. The van der Waals surface area contributed by atoms with Crippen molar-refractivity contribution >= 4 is 23.4 Å². The lowest BCUT2D eigenvalue weighted by Gasteiger charge is -2.29. The average Bonchev–Trinajstić information content (AvgIpc) is 2.91. The van der Waals surface area contributed by atoms with E-state index in [1.807, 2.05) is 19.1 Å². The van der Waals surface area contributed by atoms with Crippen molar-refractivity contribution in [3.05, 3.63) is 41.7 Å². The van der Waals surface area contributed by atoms with Gasteiger partial charge in [-0.25, -0.2) is 9.97 Å². The summed E-state index contributed by atoms with van der Waals surface area (Å²) in [4.78, 5) is 34.5. The van der Waals surface area contributed by atoms with E-state index in [1.165, 1.54) is 19.0 Å². The zero-order valence-corrected chi connectivity index (χ0v) is 17.9. The van der Waals surface area contributed by atoms with Crippen molar-refractivity contribution in [1.29, 1.82) is 0 Å². The molecule has 1 aromatic carbocycles. The standard InChI is InChI=1S/C23H28N4O4/c1-14-12-31-22-20(21(24)25-13-26-22)23(29)27(14)18-9-7-17(8-10-18)16-5-3-15(4-6-16)11-19(28)30-2/h7-10,13-16H,3-6,11-12H2,1-2H3,(H2,24,25,26)/t14-,15-,16-/m0/s1. The minimum absolute atomic E-state index is 0.120. The second-order valence-electron chi connectivity index (χ2n) is 8.36. The fraction of sp³-hybridized carbons (Fsp3) is 0.478. The lowest BCUT2D eigenvalue weighted by atomic mass is 9.77. The van der Waals surface area contributed by atoms with E-state index in [4.69, 9.17) is 15.2 Å². The quantitative estimate of drug-likeness (QED) is 0.750. The third-order valence-electron chi connectivity index (χ3n) is 6.35. The Morgan fingerprint density at radius 1 is 1.19 bits per heavy atom. The maximum Gasteiger partial charge on any atom is 0.305 e. The van der Waals surface area contributed by atoms with E-state index in [0.29, 0.717) is 24.9 Å². The molecule has 8 nitrogen and oxygen atoms in total. The second-order valence-corrected chi connectivity index (χ2v) is 8.36. The van der Waals surface area contributed by atoms with Gasteiger partial charge >= 0.3 is 5.97 Å². The first-order valence-electron chi connectivity index (χ1n) is 10.7. The maximum atomic E-state index is 13.3. The smallest absolute Gasteiger partial charge is 0.305 e. The zero-order valence-electron chi connectivity index (χ0n) is 17.9. The van der Waals surface area contributed by atoms with Gasteiger partial charge in [0.15, 0.2) is 0 Å². The summed E-state index contributed by atoms with van der Waals surface area (Å²) in [5.41, 5.74) is 8.21. The van der Waals surface area contributed by atoms with Gasteiger partial charge in [-0.3, -0.25) is 9.59 Å². The molecule has 0 bridgehead atoms. The van der Waals surface area contributed by atoms with Crippen LogP contribution in [0.15, 0.2) is 30.6 Å². The average molecular weight is 425 g/mol. The van der Waals surface area contributed by atoms with Crippen LogP contribution in [0.3, 0.4) is 0 Å². The van der Waals surface area contributed by atoms with E-state index in [1.54, 1.807) is 4.90 Å². The van der Waals surface area contributed by atoms with Crippen molar-refractivity contribution in [2.24, 2.45) is 5.92 Å². The van der Waals surface area contributed by atoms with Crippen LogP contribution in [0.4, 0.5) is 11.5 Å². The van der Waals surface area contributed by atoms with Gasteiger partial charge in [-0.2, -0.15) is 0 Å². The molecule has 2 aromatic rings. The number of nitrogen functional groups attached to an aromatic ring is 1. The van der Waals surface area contributed by atoms with Gasteiger partial charge in [-0.05, 0) is 62.1 Å². The number of hydrogen-bond donors (Lipinski definition) is 1. The molecule has 2 N–H and O–H groups in total. The van der Waals surface area contributed by atoms with Gasteiger partial charge in [-0.15, -0.1) is 0 Å². The van der Waals surface area contributed by atoms with Crippen molar-refractivity contribution in [3.63, 3.8) is 0 Å². The molecule has 0 unspecified atom stereocenters. The summed E-state index contributed by atoms with van der Waals surface area (Å²) < 4.78 is 10.5. The van der Waals surface area contributed by atoms with Gasteiger partial charge in [-0.1, -0.05) is 12.1 Å². The first kappa shape index (κ1) is 21.1. The Balaban J connectivity index is 1.48. The molecule has 1 saturated carbocycles. The van der Waals surface area contributed by atoms with E-state index >= 15 is 0 Å². The number of esters is 1. The van der Waals surface area contributed by atoms with E-state index in [2.05, 4.69) is 22.1 Å². The number of carbonyl (C=O) groups excluding carboxylic acids is 2. The molecule has 2 heterocycles. The molecule has 1 aliphatic carbocycles. The lowest BCUT2D eigenvalue weighted by molar-refractivity contribution is -0.142. The first-order valence-corrected chi connectivity index (χ1v) is 10.7. The second kappa shape index (κ2) is 8.91. The summed E-state index contributed by atoms with van der Waals surface area (Å²) in [7, 11) is 1.44. The number of ether oxygens (including phenoxy) is 2. The Bertz CT molecular complexity index is 955. The molecule has 31 heavy (non-hydrogen) atoms. The number of carbonyl (C=O) groups is 2. The monoisotopic (exact) mass is 424 g/mol. The van der Waals surface area contributed by atoms with Crippen molar-refractivity contribution < 1.29 is 19.1 Å². The number of methoxy groups -OCH3 is 1. The SMILES string of the molecule is COC(=O)C[C@H]1CC[C@H](c2ccc(N3C(=O)c4c(N)ncnc4OC[C@@H]3C)cc2)CC1. The maximum absolute atomic E-state index is 13.3. The van der Waals surface area contributed by atoms with Crippen molar-refractivity contribution in [3.8, 4) is 5.88 Å². The highest BCUT2D eigenvalue weighted by Crippen LogP contribution is 2.38. The summed E-state index contributed by atoms with van der Waals surface area (Å²) in [6.07, 6.45) is 5.96. The molecule has 0 saturated heterocycles. The summed E-state index contributed by atoms with van der Waals surface area (Å²) in [5.74, 6) is 0.844.